The average molecular weight is 403 g/mol. The summed E-state index contributed by atoms with van der Waals surface area (Å²) in [6, 6.07) is 12.5. The van der Waals surface area contributed by atoms with E-state index in [1.807, 2.05) is 0 Å². The summed E-state index contributed by atoms with van der Waals surface area (Å²) in [5, 5.41) is 8.04. The lowest BCUT2D eigenvalue weighted by atomic mass is 10.2. The van der Waals surface area contributed by atoms with E-state index in [-0.39, 0.29) is 17.4 Å². The summed E-state index contributed by atoms with van der Waals surface area (Å²) in [5.41, 5.74) is 1.38. The van der Waals surface area contributed by atoms with Gasteiger partial charge in [0, 0.05) is 29.0 Å². The fourth-order valence-corrected chi connectivity index (χ4v) is 4.58. The van der Waals surface area contributed by atoms with Crippen LogP contribution in [0.25, 0.3) is 0 Å². The molecule has 3 rings (SSSR count). The number of methoxy groups -OCH3 is 1. The van der Waals surface area contributed by atoms with Crippen LogP contribution in [-0.4, -0.2) is 45.0 Å². The first kappa shape index (κ1) is 19.7. The van der Waals surface area contributed by atoms with Crippen molar-refractivity contribution in [1.29, 1.82) is 0 Å². The van der Waals surface area contributed by atoms with Crippen molar-refractivity contribution in [3.8, 4) is 5.75 Å². The summed E-state index contributed by atoms with van der Waals surface area (Å²) in [4.78, 5) is 24.5. The highest BCUT2D eigenvalue weighted by atomic mass is 32.2. The van der Waals surface area contributed by atoms with E-state index in [1.54, 1.807) is 55.6 Å². The van der Waals surface area contributed by atoms with Crippen molar-refractivity contribution in [3.05, 3.63) is 54.1 Å². The number of urea groups is 1. The third kappa shape index (κ3) is 5.23. The molecule has 8 nitrogen and oxygen atoms in total. The van der Waals surface area contributed by atoms with Crippen molar-refractivity contribution in [1.82, 2.24) is 5.32 Å². The molecule has 3 N–H and O–H groups in total. The Morgan fingerprint density at radius 3 is 2.43 bits per heavy atom. The van der Waals surface area contributed by atoms with E-state index in [1.165, 1.54) is 0 Å². The number of anilines is 2. The molecule has 1 fully saturated rings. The van der Waals surface area contributed by atoms with Crippen LogP contribution in [0.3, 0.4) is 0 Å². The number of nitrogens with one attached hydrogen (secondary N) is 3. The number of ether oxygens (including phenoxy) is 1. The Bertz CT molecular complexity index is 991. The van der Waals surface area contributed by atoms with Gasteiger partial charge in [-0.25, -0.2) is 13.2 Å². The summed E-state index contributed by atoms with van der Waals surface area (Å²) in [5.74, 6) is 0.319. The highest BCUT2D eigenvalue weighted by Gasteiger charge is 2.28. The summed E-state index contributed by atoms with van der Waals surface area (Å²) < 4.78 is 28.1. The lowest BCUT2D eigenvalue weighted by molar-refractivity contribution is 0.102. The Hall–Kier alpha value is -3.07. The van der Waals surface area contributed by atoms with Crippen LogP contribution in [0.15, 0.2) is 48.5 Å². The van der Waals surface area contributed by atoms with Crippen LogP contribution in [0.2, 0.25) is 0 Å². The summed E-state index contributed by atoms with van der Waals surface area (Å²) in [6.45, 7) is 0. The van der Waals surface area contributed by atoms with Crippen molar-refractivity contribution >= 4 is 33.2 Å². The second kappa shape index (κ2) is 8.30. The van der Waals surface area contributed by atoms with E-state index < -0.39 is 21.9 Å². The number of carbonyl (C=O) groups is 2. The monoisotopic (exact) mass is 403 g/mol. The molecule has 1 saturated heterocycles. The number of amides is 3. The molecule has 148 valence electrons. The quantitative estimate of drug-likeness (QED) is 0.709. The molecule has 9 heteroatoms. The fraction of sp³-hybridized carbons (Fsp3) is 0.263. The number of rotatable bonds is 5. The normalized spacial score (nSPS) is 17.5. The molecule has 0 spiro atoms. The van der Waals surface area contributed by atoms with Gasteiger partial charge in [-0.3, -0.25) is 4.79 Å². The number of carbonyl (C=O) groups excluding carboxylic acids is 2. The van der Waals surface area contributed by atoms with Gasteiger partial charge in [0.2, 0.25) is 0 Å². The van der Waals surface area contributed by atoms with Crippen molar-refractivity contribution < 1.29 is 22.7 Å². The second-order valence-corrected chi connectivity index (χ2v) is 8.69. The van der Waals surface area contributed by atoms with Gasteiger partial charge >= 0.3 is 6.03 Å². The smallest absolute Gasteiger partial charge is 0.319 e. The van der Waals surface area contributed by atoms with Gasteiger partial charge in [0.05, 0.1) is 18.6 Å². The molecule has 3 amide bonds. The lowest BCUT2D eigenvalue weighted by Crippen LogP contribution is -2.38. The topological polar surface area (TPSA) is 114 Å². The number of sulfone groups is 1. The number of hydrogen-bond acceptors (Lipinski definition) is 5. The van der Waals surface area contributed by atoms with Crippen LogP contribution >= 0.6 is 0 Å². The summed E-state index contributed by atoms with van der Waals surface area (Å²) in [7, 11) is -1.53. The first-order valence-corrected chi connectivity index (χ1v) is 10.5. The van der Waals surface area contributed by atoms with Gasteiger partial charge in [0.1, 0.15) is 5.75 Å². The molecule has 1 aliphatic rings. The third-order valence-electron chi connectivity index (χ3n) is 4.28. The lowest BCUT2D eigenvalue weighted by Gasteiger charge is -2.13. The zero-order valence-electron chi connectivity index (χ0n) is 15.3. The van der Waals surface area contributed by atoms with Gasteiger partial charge in [0.15, 0.2) is 9.84 Å². The van der Waals surface area contributed by atoms with Crippen LogP contribution in [0, 0.1) is 0 Å². The Morgan fingerprint density at radius 2 is 1.75 bits per heavy atom. The van der Waals surface area contributed by atoms with E-state index in [4.69, 9.17) is 4.74 Å². The summed E-state index contributed by atoms with van der Waals surface area (Å²) in [6.07, 6.45) is 0.402. The molecule has 1 atom stereocenters. The summed E-state index contributed by atoms with van der Waals surface area (Å²) >= 11 is 0. The minimum absolute atomic E-state index is 0.0522. The minimum atomic E-state index is -3.07. The predicted octanol–water partition coefficient (Wildman–Crippen LogP) is 2.26. The SMILES string of the molecule is COc1cccc(NC(=O)c2cccc(NC(=O)NC3CCS(=O)(=O)C3)c2)c1. The van der Waals surface area contributed by atoms with Crippen molar-refractivity contribution in [2.24, 2.45) is 0 Å². The molecule has 28 heavy (non-hydrogen) atoms. The molecule has 0 bridgehead atoms. The molecule has 0 radical (unpaired) electrons. The van der Waals surface area contributed by atoms with E-state index in [0.29, 0.717) is 29.1 Å². The maximum atomic E-state index is 12.5. The largest absolute Gasteiger partial charge is 0.497 e. The third-order valence-corrected chi connectivity index (χ3v) is 6.05. The highest BCUT2D eigenvalue weighted by Crippen LogP contribution is 2.19. The maximum Gasteiger partial charge on any atom is 0.319 e. The molecule has 2 aromatic carbocycles. The Balaban J connectivity index is 1.61. The van der Waals surface area contributed by atoms with Gasteiger partial charge in [-0.1, -0.05) is 12.1 Å². The number of hydrogen-bond donors (Lipinski definition) is 3. The van der Waals surface area contributed by atoms with Crippen LogP contribution < -0.4 is 20.7 Å². The first-order chi connectivity index (χ1) is 13.3. The molecular formula is C19H21N3O5S. The van der Waals surface area contributed by atoms with Gasteiger partial charge in [-0.05, 0) is 36.8 Å². The highest BCUT2D eigenvalue weighted by molar-refractivity contribution is 7.91. The first-order valence-electron chi connectivity index (χ1n) is 8.68. The van der Waals surface area contributed by atoms with Crippen molar-refractivity contribution in [3.63, 3.8) is 0 Å². The predicted molar refractivity (Wildman–Crippen MR) is 107 cm³/mol. The van der Waals surface area contributed by atoms with Crippen LogP contribution in [0.5, 0.6) is 5.75 Å². The van der Waals surface area contributed by atoms with Crippen LogP contribution in [0.4, 0.5) is 16.2 Å². The van der Waals surface area contributed by atoms with Gasteiger partial charge in [-0.15, -0.1) is 0 Å². The van der Waals surface area contributed by atoms with E-state index in [0.717, 1.165) is 0 Å². The average Bonchev–Trinajstić information content (AvgIpc) is 3.00. The Kier molecular flexibility index (Phi) is 5.84. The standard InChI is InChI=1S/C19H21N3O5S/c1-27-17-7-3-6-15(11-17)20-18(23)13-4-2-5-14(10-13)21-19(24)22-16-8-9-28(25,26)12-16/h2-7,10-11,16H,8-9,12H2,1H3,(H,20,23)(H2,21,22,24). The second-order valence-electron chi connectivity index (χ2n) is 6.47. The van der Waals surface area contributed by atoms with Crippen molar-refractivity contribution in [2.75, 3.05) is 29.2 Å². The molecule has 0 saturated carbocycles. The molecule has 2 aromatic rings. The molecule has 0 aromatic heterocycles. The number of benzene rings is 2. The minimum Gasteiger partial charge on any atom is -0.497 e. The fourth-order valence-electron chi connectivity index (χ4n) is 2.90. The molecule has 0 aliphatic carbocycles. The van der Waals surface area contributed by atoms with Gasteiger partial charge in [0.25, 0.3) is 5.91 Å². The van der Waals surface area contributed by atoms with E-state index in [9.17, 15) is 18.0 Å². The van der Waals surface area contributed by atoms with Crippen LogP contribution in [-0.2, 0) is 9.84 Å². The van der Waals surface area contributed by atoms with Gasteiger partial charge < -0.3 is 20.7 Å². The van der Waals surface area contributed by atoms with Crippen molar-refractivity contribution in [2.45, 2.75) is 12.5 Å². The van der Waals surface area contributed by atoms with E-state index >= 15 is 0 Å². The zero-order valence-corrected chi connectivity index (χ0v) is 16.1. The molecule has 1 heterocycles. The molecule has 1 aliphatic heterocycles. The van der Waals surface area contributed by atoms with Crippen LogP contribution in [0.1, 0.15) is 16.8 Å². The Labute approximate surface area is 163 Å². The van der Waals surface area contributed by atoms with Gasteiger partial charge in [-0.2, -0.15) is 0 Å². The Morgan fingerprint density at radius 1 is 1.04 bits per heavy atom. The molecular weight excluding hydrogens is 382 g/mol. The molecule has 1 unspecified atom stereocenters. The maximum absolute atomic E-state index is 12.5. The zero-order chi connectivity index (χ0) is 20.1. The van der Waals surface area contributed by atoms with E-state index in [2.05, 4.69) is 16.0 Å².